The molecule has 3 aromatic rings. The first kappa shape index (κ1) is 18.0. The van der Waals surface area contributed by atoms with E-state index in [9.17, 15) is 14.7 Å². The molecule has 0 radical (unpaired) electrons. The molecule has 0 unspecified atom stereocenters. The second-order valence-corrected chi connectivity index (χ2v) is 9.53. The van der Waals surface area contributed by atoms with Gasteiger partial charge in [-0.2, -0.15) is 0 Å². The van der Waals surface area contributed by atoms with Crippen molar-refractivity contribution in [3.8, 4) is 5.75 Å². The van der Waals surface area contributed by atoms with Crippen LogP contribution in [0.25, 0.3) is 0 Å². The summed E-state index contributed by atoms with van der Waals surface area (Å²) < 4.78 is 11.5. The second kappa shape index (κ2) is 7.19. The molecule has 3 aromatic carbocycles. The predicted octanol–water partition coefficient (Wildman–Crippen LogP) is 3.24. The van der Waals surface area contributed by atoms with Crippen LogP contribution >= 0.6 is 15.9 Å². The van der Waals surface area contributed by atoms with E-state index in [2.05, 4.69) is 0 Å². The van der Waals surface area contributed by atoms with E-state index >= 15 is 0 Å². The molecule has 130 valence electrons. The Morgan fingerprint density at radius 1 is 0.640 bits per heavy atom. The molecule has 25 heavy (non-hydrogen) atoms. The van der Waals surface area contributed by atoms with Crippen LogP contribution in [-0.2, 0) is 4.31 Å². The van der Waals surface area contributed by atoms with Gasteiger partial charge in [-0.25, -0.2) is 0 Å². The van der Waals surface area contributed by atoms with Gasteiger partial charge in [0, 0.05) is 0 Å². The molecular formula is C18H18O5P2. The van der Waals surface area contributed by atoms with E-state index in [0.29, 0.717) is 16.4 Å². The van der Waals surface area contributed by atoms with Crippen LogP contribution in [0.5, 0.6) is 5.75 Å². The van der Waals surface area contributed by atoms with E-state index in [4.69, 9.17) is 8.83 Å². The van der Waals surface area contributed by atoms with Crippen molar-refractivity contribution in [1.82, 2.24) is 0 Å². The molecule has 0 aliphatic heterocycles. The van der Waals surface area contributed by atoms with E-state index in [1.54, 1.807) is 84.9 Å². The van der Waals surface area contributed by atoms with E-state index in [-0.39, 0.29) is 0 Å². The number of hydrogen-bond acceptors (Lipinski definition) is 5. The normalized spacial score (nSPS) is 13.2. The molecule has 3 N–H and O–H groups in total. The molecule has 0 aliphatic carbocycles. The molecular weight excluding hydrogens is 358 g/mol. The minimum atomic E-state index is -4.83. The Bertz CT molecular complexity index is 773. The van der Waals surface area contributed by atoms with Crippen molar-refractivity contribution in [3.63, 3.8) is 0 Å². The van der Waals surface area contributed by atoms with Crippen molar-refractivity contribution >= 4 is 26.5 Å². The quantitative estimate of drug-likeness (QED) is 0.576. The van der Waals surface area contributed by atoms with Crippen molar-refractivity contribution in [2.75, 3.05) is 0 Å². The summed E-state index contributed by atoms with van der Waals surface area (Å²) in [6, 6.07) is 25.7. The summed E-state index contributed by atoms with van der Waals surface area (Å²) in [5, 5.41) is 0.665. The summed E-state index contributed by atoms with van der Waals surface area (Å²) in [7, 11) is -7.73. The molecule has 0 heterocycles. The zero-order valence-electron chi connectivity index (χ0n) is 13.2. The van der Waals surface area contributed by atoms with Gasteiger partial charge < -0.3 is 0 Å². The van der Waals surface area contributed by atoms with Crippen LogP contribution in [0, 0.1) is 0 Å². The second-order valence-electron chi connectivity index (χ2n) is 5.32. The molecule has 0 fully saturated rings. The van der Waals surface area contributed by atoms with E-state index in [1.807, 2.05) is 6.07 Å². The molecule has 0 aliphatic rings. The van der Waals surface area contributed by atoms with Crippen LogP contribution in [0.15, 0.2) is 91.0 Å². The number of para-hydroxylation sites is 1. The van der Waals surface area contributed by atoms with Crippen molar-refractivity contribution in [1.29, 1.82) is 0 Å². The van der Waals surface area contributed by atoms with Gasteiger partial charge in [0.15, 0.2) is 0 Å². The Kier molecular flexibility index (Phi) is 5.16. The van der Waals surface area contributed by atoms with Crippen LogP contribution in [0.4, 0.5) is 0 Å². The Balaban J connectivity index is 2.28. The molecule has 0 spiro atoms. The van der Waals surface area contributed by atoms with Crippen molar-refractivity contribution in [2.24, 2.45) is 0 Å². The first-order valence-corrected chi connectivity index (χ1v) is 10.7. The fourth-order valence-electron chi connectivity index (χ4n) is 2.56. The van der Waals surface area contributed by atoms with Crippen LogP contribution in [0.3, 0.4) is 0 Å². The maximum atomic E-state index is 11.9. The average Bonchev–Trinajstić information content (AvgIpc) is 2.63. The summed E-state index contributed by atoms with van der Waals surface area (Å²) in [5.74, 6) is 0.354. The van der Waals surface area contributed by atoms with Crippen LogP contribution in [0.1, 0.15) is 0 Å². The molecule has 3 rings (SSSR count). The summed E-state index contributed by atoms with van der Waals surface area (Å²) >= 11 is 0. The third-order valence-corrected chi connectivity index (χ3v) is 8.43. The van der Waals surface area contributed by atoms with Gasteiger partial charge in [0.2, 0.25) is 0 Å². The molecule has 5 nitrogen and oxygen atoms in total. The fraction of sp³-hybridized carbons (Fsp3) is 0. The Morgan fingerprint density at radius 3 is 1.44 bits per heavy atom. The van der Waals surface area contributed by atoms with Crippen molar-refractivity contribution < 1.29 is 23.5 Å². The topological polar surface area (TPSA) is 79.2 Å². The van der Waals surface area contributed by atoms with Gasteiger partial charge in [-0.05, 0) is 0 Å². The third-order valence-electron chi connectivity index (χ3n) is 3.67. The number of hydrogen-bond donors (Lipinski definition) is 3. The van der Waals surface area contributed by atoms with Crippen LogP contribution in [-0.4, -0.2) is 14.7 Å². The van der Waals surface area contributed by atoms with E-state index in [1.165, 1.54) is 0 Å². The zero-order chi connectivity index (χ0) is 17.8. The Hall–Kier alpha value is -1.84. The predicted molar refractivity (Wildman–Crippen MR) is 101 cm³/mol. The first-order chi connectivity index (χ1) is 12.0. The molecule has 0 bridgehead atoms. The van der Waals surface area contributed by atoms with E-state index < -0.39 is 15.9 Å². The average molecular weight is 376 g/mol. The summed E-state index contributed by atoms with van der Waals surface area (Å²) in [5.41, 5.74) is 0. The van der Waals surface area contributed by atoms with Gasteiger partial charge in [-0.3, -0.25) is 0 Å². The SMILES string of the molecule is OP(O)OP(O)(Oc1ccccc1)(c1ccccc1)c1ccccc1. The van der Waals surface area contributed by atoms with E-state index in [0.717, 1.165) is 0 Å². The van der Waals surface area contributed by atoms with Crippen molar-refractivity contribution in [3.05, 3.63) is 91.0 Å². The number of benzene rings is 3. The maximum absolute atomic E-state index is 11.9. The summed E-state index contributed by atoms with van der Waals surface area (Å²) in [6.45, 7) is 0. The van der Waals surface area contributed by atoms with Gasteiger partial charge >= 0.3 is 147 Å². The Morgan fingerprint density at radius 2 is 1.04 bits per heavy atom. The van der Waals surface area contributed by atoms with Gasteiger partial charge in [0.05, 0.1) is 0 Å². The third kappa shape index (κ3) is 3.58. The molecule has 0 saturated carbocycles. The van der Waals surface area contributed by atoms with Gasteiger partial charge in [-0.1, -0.05) is 0 Å². The van der Waals surface area contributed by atoms with Crippen LogP contribution in [0.2, 0.25) is 0 Å². The van der Waals surface area contributed by atoms with Crippen LogP contribution < -0.4 is 15.1 Å². The standard InChI is InChI=1S/C18H18O5P2/c19-24(20)23-25(21,17-12-6-2-7-13-17,18-14-8-3-9-15-18)22-16-10-4-1-5-11-16/h1-15,19-21H. The monoisotopic (exact) mass is 376 g/mol. The molecule has 0 atom stereocenters. The van der Waals surface area contributed by atoms with Gasteiger partial charge in [0.1, 0.15) is 0 Å². The Labute approximate surface area is 147 Å². The molecule has 0 saturated heterocycles. The molecule has 0 amide bonds. The first-order valence-electron chi connectivity index (χ1n) is 7.53. The summed E-state index contributed by atoms with van der Waals surface area (Å²) in [6.07, 6.45) is 0. The fourth-order valence-corrected chi connectivity index (χ4v) is 6.95. The molecule has 0 aromatic heterocycles. The summed E-state index contributed by atoms with van der Waals surface area (Å²) in [4.78, 5) is 31.2. The zero-order valence-corrected chi connectivity index (χ0v) is 15.0. The molecule has 7 heteroatoms. The van der Waals surface area contributed by atoms with Gasteiger partial charge in [-0.15, -0.1) is 0 Å². The minimum absolute atomic E-state index is 0.333. The van der Waals surface area contributed by atoms with Crippen molar-refractivity contribution in [2.45, 2.75) is 0 Å². The van der Waals surface area contributed by atoms with Gasteiger partial charge in [0.25, 0.3) is 0 Å². The number of rotatable bonds is 6.